The molecule has 118 valence electrons. The van der Waals surface area contributed by atoms with Gasteiger partial charge in [-0.15, -0.1) is 0 Å². The molecule has 0 saturated heterocycles. The van der Waals surface area contributed by atoms with Gasteiger partial charge in [0, 0.05) is 18.2 Å². The monoisotopic (exact) mass is 292 g/mol. The summed E-state index contributed by atoms with van der Waals surface area (Å²) in [6.07, 6.45) is 1.49. The molecular weight excluding hydrogens is 264 g/mol. The van der Waals surface area contributed by atoms with Crippen LogP contribution in [0.3, 0.4) is 0 Å². The van der Waals surface area contributed by atoms with Crippen molar-refractivity contribution in [1.29, 1.82) is 0 Å². The van der Waals surface area contributed by atoms with Crippen molar-refractivity contribution in [3.63, 3.8) is 0 Å². The Labute approximate surface area is 128 Å². The highest BCUT2D eigenvalue weighted by Crippen LogP contribution is 2.20. The highest BCUT2D eigenvalue weighted by atomic mass is 16.5. The average Bonchev–Trinajstić information content (AvgIpc) is 2.40. The summed E-state index contributed by atoms with van der Waals surface area (Å²) in [4.78, 5) is 11.6. The van der Waals surface area contributed by atoms with Gasteiger partial charge < -0.3 is 15.4 Å². The van der Waals surface area contributed by atoms with Crippen molar-refractivity contribution in [1.82, 2.24) is 10.6 Å². The molecule has 0 aliphatic rings. The average molecular weight is 292 g/mol. The maximum Gasteiger partial charge on any atom is 0.223 e. The van der Waals surface area contributed by atoms with Crippen molar-refractivity contribution in [3.8, 4) is 5.75 Å². The zero-order valence-corrected chi connectivity index (χ0v) is 13.7. The van der Waals surface area contributed by atoms with Gasteiger partial charge in [-0.3, -0.25) is 4.79 Å². The van der Waals surface area contributed by atoms with E-state index in [4.69, 9.17) is 4.74 Å². The minimum absolute atomic E-state index is 0.0303. The number of rotatable bonds is 9. The molecule has 0 fully saturated rings. The van der Waals surface area contributed by atoms with E-state index in [-0.39, 0.29) is 11.9 Å². The van der Waals surface area contributed by atoms with Gasteiger partial charge in [-0.25, -0.2) is 0 Å². The second-order valence-corrected chi connectivity index (χ2v) is 5.61. The Kier molecular flexibility index (Phi) is 7.83. The Bertz CT molecular complexity index is 444. The number of carbonyl (C=O) groups excluding carboxylic acids is 1. The Balaban J connectivity index is 2.51. The normalized spacial score (nSPS) is 10.7. The molecule has 0 atom stereocenters. The van der Waals surface area contributed by atoms with Crippen LogP contribution in [0.1, 0.15) is 44.7 Å². The lowest BCUT2D eigenvalue weighted by Crippen LogP contribution is -2.31. The van der Waals surface area contributed by atoms with E-state index in [0.29, 0.717) is 13.0 Å². The summed E-state index contributed by atoms with van der Waals surface area (Å²) in [6.45, 7) is 10.3. The predicted octanol–water partition coefficient (Wildman–Crippen LogP) is 2.79. The van der Waals surface area contributed by atoms with Gasteiger partial charge in [0.1, 0.15) is 5.75 Å². The van der Waals surface area contributed by atoms with Crippen molar-refractivity contribution in [2.75, 3.05) is 13.2 Å². The van der Waals surface area contributed by atoms with Gasteiger partial charge in [0.05, 0.1) is 13.0 Å². The van der Waals surface area contributed by atoms with Crippen LogP contribution in [-0.2, 0) is 11.3 Å². The number of hydrogen-bond donors (Lipinski definition) is 2. The summed E-state index contributed by atoms with van der Waals surface area (Å²) < 4.78 is 5.77. The molecule has 2 N–H and O–H groups in total. The molecule has 0 heterocycles. The Hall–Kier alpha value is -1.55. The third kappa shape index (κ3) is 7.14. The fourth-order valence-corrected chi connectivity index (χ4v) is 2.03. The first-order valence-corrected chi connectivity index (χ1v) is 7.75. The van der Waals surface area contributed by atoms with E-state index in [1.54, 1.807) is 0 Å². The molecule has 4 nitrogen and oxygen atoms in total. The number of carbonyl (C=O) groups is 1. The van der Waals surface area contributed by atoms with E-state index < -0.39 is 0 Å². The minimum Gasteiger partial charge on any atom is -0.493 e. The van der Waals surface area contributed by atoms with Gasteiger partial charge in [-0.05, 0) is 39.8 Å². The molecule has 1 amide bonds. The Morgan fingerprint density at radius 2 is 2.10 bits per heavy atom. The maximum absolute atomic E-state index is 11.6. The van der Waals surface area contributed by atoms with Gasteiger partial charge in [0.2, 0.25) is 5.91 Å². The highest BCUT2D eigenvalue weighted by Gasteiger charge is 2.07. The van der Waals surface area contributed by atoms with Crippen LogP contribution in [0.15, 0.2) is 18.2 Å². The zero-order chi connectivity index (χ0) is 15.7. The van der Waals surface area contributed by atoms with Gasteiger partial charge in [0.25, 0.3) is 0 Å². The number of amides is 1. The van der Waals surface area contributed by atoms with E-state index in [2.05, 4.69) is 30.5 Å². The summed E-state index contributed by atoms with van der Waals surface area (Å²) in [5, 5.41) is 6.25. The quantitative estimate of drug-likeness (QED) is 0.688. The molecule has 1 aromatic carbocycles. The van der Waals surface area contributed by atoms with Crippen LogP contribution in [0.4, 0.5) is 0 Å². The summed E-state index contributed by atoms with van der Waals surface area (Å²) in [6, 6.07) is 6.32. The SMILES string of the molecule is CCCNCc1cc(C)ccc1OCCC(=O)NC(C)C. The third-order valence-electron chi connectivity index (χ3n) is 2.99. The lowest BCUT2D eigenvalue weighted by Gasteiger charge is -2.13. The van der Waals surface area contributed by atoms with Crippen LogP contribution >= 0.6 is 0 Å². The number of nitrogens with one attached hydrogen (secondary N) is 2. The standard InChI is InChI=1S/C17H28N2O2/c1-5-9-18-12-15-11-14(4)6-7-16(15)21-10-8-17(20)19-13(2)3/h6-7,11,13,18H,5,8-10,12H2,1-4H3,(H,19,20). The Morgan fingerprint density at radius 1 is 1.33 bits per heavy atom. The first kappa shape index (κ1) is 17.5. The van der Waals surface area contributed by atoms with E-state index in [0.717, 1.165) is 30.8 Å². The second-order valence-electron chi connectivity index (χ2n) is 5.61. The molecular formula is C17H28N2O2. The Morgan fingerprint density at radius 3 is 2.76 bits per heavy atom. The molecule has 0 unspecified atom stereocenters. The highest BCUT2D eigenvalue weighted by molar-refractivity contribution is 5.76. The van der Waals surface area contributed by atoms with Crippen LogP contribution in [0.2, 0.25) is 0 Å². The number of hydrogen-bond acceptors (Lipinski definition) is 3. The van der Waals surface area contributed by atoms with E-state index >= 15 is 0 Å². The molecule has 0 bridgehead atoms. The molecule has 0 aliphatic heterocycles. The first-order valence-electron chi connectivity index (χ1n) is 7.75. The molecule has 0 aliphatic carbocycles. The summed E-state index contributed by atoms with van der Waals surface area (Å²) in [5.74, 6) is 0.893. The van der Waals surface area contributed by atoms with Crippen LogP contribution in [-0.4, -0.2) is 25.1 Å². The van der Waals surface area contributed by atoms with Gasteiger partial charge in [-0.2, -0.15) is 0 Å². The lowest BCUT2D eigenvalue weighted by atomic mass is 10.1. The topological polar surface area (TPSA) is 50.4 Å². The largest absolute Gasteiger partial charge is 0.493 e. The van der Waals surface area contributed by atoms with Crippen LogP contribution in [0.5, 0.6) is 5.75 Å². The van der Waals surface area contributed by atoms with Crippen molar-refractivity contribution in [3.05, 3.63) is 29.3 Å². The molecule has 1 aromatic rings. The van der Waals surface area contributed by atoms with Crippen LogP contribution in [0.25, 0.3) is 0 Å². The molecule has 4 heteroatoms. The molecule has 21 heavy (non-hydrogen) atoms. The van der Waals surface area contributed by atoms with Gasteiger partial charge in [0.15, 0.2) is 0 Å². The fraction of sp³-hybridized carbons (Fsp3) is 0.588. The number of benzene rings is 1. The first-order chi connectivity index (χ1) is 10.0. The van der Waals surface area contributed by atoms with E-state index in [1.807, 2.05) is 26.0 Å². The summed E-state index contributed by atoms with van der Waals surface area (Å²) in [7, 11) is 0. The minimum atomic E-state index is 0.0303. The van der Waals surface area contributed by atoms with Crippen molar-refractivity contribution in [2.45, 2.75) is 53.1 Å². The van der Waals surface area contributed by atoms with Gasteiger partial charge >= 0.3 is 0 Å². The molecule has 0 spiro atoms. The predicted molar refractivity (Wildman–Crippen MR) is 86.6 cm³/mol. The summed E-state index contributed by atoms with van der Waals surface area (Å²) in [5.41, 5.74) is 2.36. The molecule has 0 radical (unpaired) electrons. The van der Waals surface area contributed by atoms with Crippen molar-refractivity contribution >= 4 is 5.91 Å². The second kappa shape index (κ2) is 9.40. The van der Waals surface area contributed by atoms with Gasteiger partial charge in [-0.1, -0.05) is 24.6 Å². The van der Waals surface area contributed by atoms with Crippen LogP contribution in [0, 0.1) is 6.92 Å². The smallest absolute Gasteiger partial charge is 0.223 e. The third-order valence-corrected chi connectivity index (χ3v) is 2.99. The van der Waals surface area contributed by atoms with Crippen LogP contribution < -0.4 is 15.4 Å². The molecule has 0 saturated carbocycles. The number of ether oxygens (including phenoxy) is 1. The zero-order valence-electron chi connectivity index (χ0n) is 13.7. The van der Waals surface area contributed by atoms with E-state index in [1.165, 1.54) is 5.56 Å². The molecule has 1 rings (SSSR count). The van der Waals surface area contributed by atoms with E-state index in [9.17, 15) is 4.79 Å². The number of aryl methyl sites for hydroxylation is 1. The summed E-state index contributed by atoms with van der Waals surface area (Å²) >= 11 is 0. The molecule has 0 aromatic heterocycles. The maximum atomic E-state index is 11.6. The fourth-order valence-electron chi connectivity index (χ4n) is 2.03. The lowest BCUT2D eigenvalue weighted by molar-refractivity contribution is -0.122. The van der Waals surface area contributed by atoms with Crippen molar-refractivity contribution in [2.24, 2.45) is 0 Å². The van der Waals surface area contributed by atoms with Crippen molar-refractivity contribution < 1.29 is 9.53 Å².